The van der Waals surface area contributed by atoms with Gasteiger partial charge in [-0.05, 0) is 32.2 Å². The zero-order valence-corrected chi connectivity index (χ0v) is 12.1. The van der Waals surface area contributed by atoms with Crippen molar-refractivity contribution in [2.75, 3.05) is 12.8 Å². The van der Waals surface area contributed by atoms with Crippen LogP contribution in [0.15, 0.2) is 15.9 Å². The summed E-state index contributed by atoms with van der Waals surface area (Å²) in [6.07, 6.45) is 5.86. The van der Waals surface area contributed by atoms with Gasteiger partial charge in [0.05, 0.1) is 0 Å². The number of hydrogen-bond acceptors (Lipinski definition) is 5. The minimum absolute atomic E-state index is 0.202. The smallest absolute Gasteiger partial charge is 0.238 e. The normalized spacial score (nSPS) is 27.5. The van der Waals surface area contributed by atoms with Gasteiger partial charge in [0.2, 0.25) is 5.91 Å². The highest BCUT2D eigenvalue weighted by Crippen LogP contribution is 2.38. The predicted molar refractivity (Wildman–Crippen MR) is 75.8 cm³/mol. The number of carbonyl (C=O) groups excluding carboxylic acids is 1. The molecule has 2 atom stereocenters. The highest BCUT2D eigenvalue weighted by Gasteiger charge is 2.45. The van der Waals surface area contributed by atoms with Crippen molar-refractivity contribution in [2.24, 2.45) is 11.7 Å². The largest absolute Gasteiger partial charge is 0.368 e. The first-order valence-electron chi connectivity index (χ1n) is 6.20. The van der Waals surface area contributed by atoms with Gasteiger partial charge in [-0.25, -0.2) is 4.98 Å². The Bertz CT molecular complexity index is 396. The van der Waals surface area contributed by atoms with Crippen LogP contribution in [-0.4, -0.2) is 29.2 Å². The number of thiazole rings is 1. The molecular formula is C12H19N3OS2. The summed E-state index contributed by atoms with van der Waals surface area (Å²) in [5.74, 6) is 1.15. The lowest BCUT2D eigenvalue weighted by Crippen LogP contribution is -2.56. The van der Waals surface area contributed by atoms with Crippen molar-refractivity contribution in [3.8, 4) is 0 Å². The van der Waals surface area contributed by atoms with E-state index in [1.165, 1.54) is 0 Å². The van der Waals surface area contributed by atoms with Crippen molar-refractivity contribution in [1.82, 2.24) is 10.3 Å². The minimum Gasteiger partial charge on any atom is -0.368 e. The second kappa shape index (κ2) is 6.04. The first-order valence-corrected chi connectivity index (χ1v) is 8.06. The van der Waals surface area contributed by atoms with Gasteiger partial charge in [0, 0.05) is 17.3 Å². The Hall–Kier alpha value is -0.590. The maximum absolute atomic E-state index is 11.7. The van der Waals surface area contributed by atoms with E-state index in [1.54, 1.807) is 23.1 Å². The van der Waals surface area contributed by atoms with Gasteiger partial charge in [-0.2, -0.15) is 0 Å². The zero-order chi connectivity index (χ0) is 13.0. The summed E-state index contributed by atoms with van der Waals surface area (Å²) in [7, 11) is 1.84. The van der Waals surface area contributed by atoms with E-state index in [2.05, 4.69) is 10.3 Å². The molecule has 2 rings (SSSR count). The maximum Gasteiger partial charge on any atom is 0.238 e. The van der Waals surface area contributed by atoms with Crippen molar-refractivity contribution in [3.05, 3.63) is 11.6 Å². The average Bonchev–Trinajstić information content (AvgIpc) is 2.98. The fourth-order valence-electron chi connectivity index (χ4n) is 2.82. The number of nitrogens with two attached hydrogens (primary N) is 1. The number of aromatic nitrogens is 1. The molecule has 1 fully saturated rings. The molecule has 4 nitrogen and oxygen atoms in total. The molecule has 0 aromatic carbocycles. The predicted octanol–water partition coefficient (Wildman–Crippen LogP) is 1.87. The summed E-state index contributed by atoms with van der Waals surface area (Å²) in [4.78, 5) is 15.9. The molecule has 1 aromatic rings. The average molecular weight is 285 g/mol. The van der Waals surface area contributed by atoms with Crippen LogP contribution in [0.1, 0.15) is 25.7 Å². The fourth-order valence-corrected chi connectivity index (χ4v) is 4.58. The van der Waals surface area contributed by atoms with E-state index in [0.29, 0.717) is 5.92 Å². The lowest BCUT2D eigenvalue weighted by molar-refractivity contribution is -0.125. The molecule has 0 spiro atoms. The van der Waals surface area contributed by atoms with Crippen LogP contribution in [0.5, 0.6) is 0 Å². The number of rotatable bonds is 6. The number of carbonyl (C=O) groups is 1. The van der Waals surface area contributed by atoms with E-state index < -0.39 is 5.54 Å². The molecule has 100 valence electrons. The Morgan fingerprint density at radius 3 is 3.22 bits per heavy atom. The standard InChI is InChI=1S/C12H19N3OS2/c1-14-12(10(13)16)5-2-3-9(12)4-7-17-11-15-6-8-18-11/h6,8-9,14H,2-5,7H2,1H3,(H2,13,16). The van der Waals surface area contributed by atoms with Crippen LogP contribution >= 0.6 is 23.1 Å². The number of hydrogen-bond donors (Lipinski definition) is 2. The molecule has 1 aromatic heterocycles. The summed E-state index contributed by atoms with van der Waals surface area (Å²) < 4.78 is 1.10. The molecule has 2 unspecified atom stereocenters. The molecule has 1 amide bonds. The maximum atomic E-state index is 11.7. The third-order valence-electron chi connectivity index (χ3n) is 3.81. The van der Waals surface area contributed by atoms with E-state index in [4.69, 9.17) is 5.73 Å². The highest BCUT2D eigenvalue weighted by molar-refractivity contribution is 8.00. The third kappa shape index (κ3) is 2.70. The van der Waals surface area contributed by atoms with Crippen LogP contribution in [0, 0.1) is 5.92 Å². The van der Waals surface area contributed by atoms with Crippen molar-refractivity contribution in [1.29, 1.82) is 0 Å². The number of primary amides is 1. The molecule has 0 aliphatic heterocycles. The molecule has 0 saturated heterocycles. The lowest BCUT2D eigenvalue weighted by Gasteiger charge is -2.32. The van der Waals surface area contributed by atoms with Crippen LogP contribution < -0.4 is 11.1 Å². The van der Waals surface area contributed by atoms with Gasteiger partial charge < -0.3 is 11.1 Å². The molecule has 18 heavy (non-hydrogen) atoms. The van der Waals surface area contributed by atoms with Crippen LogP contribution in [0.4, 0.5) is 0 Å². The Labute approximate surface area is 116 Å². The Morgan fingerprint density at radius 1 is 1.78 bits per heavy atom. The summed E-state index contributed by atoms with van der Waals surface area (Å²) in [5.41, 5.74) is 5.10. The highest BCUT2D eigenvalue weighted by atomic mass is 32.2. The monoisotopic (exact) mass is 285 g/mol. The van der Waals surface area contributed by atoms with Crippen molar-refractivity contribution in [3.63, 3.8) is 0 Å². The number of amides is 1. The summed E-state index contributed by atoms with van der Waals surface area (Å²) in [5, 5.41) is 5.16. The van der Waals surface area contributed by atoms with Gasteiger partial charge in [0.25, 0.3) is 0 Å². The second-order valence-corrected chi connectivity index (χ2v) is 6.85. The summed E-state index contributed by atoms with van der Waals surface area (Å²) >= 11 is 3.43. The Kier molecular flexibility index (Phi) is 4.64. The van der Waals surface area contributed by atoms with Gasteiger partial charge in [0.15, 0.2) is 0 Å². The fraction of sp³-hybridized carbons (Fsp3) is 0.667. The number of thioether (sulfide) groups is 1. The van der Waals surface area contributed by atoms with E-state index in [1.807, 2.05) is 18.6 Å². The van der Waals surface area contributed by atoms with Gasteiger partial charge in [-0.3, -0.25) is 4.79 Å². The van der Waals surface area contributed by atoms with Crippen LogP contribution in [-0.2, 0) is 4.79 Å². The van der Waals surface area contributed by atoms with E-state index in [0.717, 1.165) is 35.8 Å². The molecule has 1 saturated carbocycles. The van der Waals surface area contributed by atoms with E-state index >= 15 is 0 Å². The SMILES string of the molecule is CNC1(C(N)=O)CCCC1CCSc1nccs1. The Morgan fingerprint density at radius 2 is 2.61 bits per heavy atom. The molecule has 6 heteroatoms. The Balaban J connectivity index is 1.89. The topological polar surface area (TPSA) is 68.0 Å². The van der Waals surface area contributed by atoms with Crippen molar-refractivity contribution < 1.29 is 4.79 Å². The molecule has 1 heterocycles. The van der Waals surface area contributed by atoms with Crippen LogP contribution in [0.2, 0.25) is 0 Å². The van der Waals surface area contributed by atoms with Crippen molar-refractivity contribution in [2.45, 2.75) is 35.6 Å². The summed E-state index contributed by atoms with van der Waals surface area (Å²) in [6.45, 7) is 0. The third-order valence-corrected chi connectivity index (χ3v) is 5.81. The molecule has 1 aliphatic rings. The van der Waals surface area contributed by atoms with Gasteiger partial charge in [0.1, 0.15) is 9.88 Å². The molecule has 0 radical (unpaired) electrons. The van der Waals surface area contributed by atoms with Crippen LogP contribution in [0.25, 0.3) is 0 Å². The number of likely N-dealkylation sites (N-methyl/N-ethyl adjacent to an activating group) is 1. The van der Waals surface area contributed by atoms with Crippen molar-refractivity contribution >= 4 is 29.0 Å². The first-order chi connectivity index (χ1) is 8.69. The molecule has 3 N–H and O–H groups in total. The number of nitrogens with one attached hydrogen (secondary N) is 1. The van der Waals surface area contributed by atoms with E-state index in [9.17, 15) is 4.79 Å². The molecular weight excluding hydrogens is 266 g/mol. The minimum atomic E-state index is -0.483. The quantitative estimate of drug-likeness (QED) is 0.783. The molecule has 1 aliphatic carbocycles. The van der Waals surface area contributed by atoms with E-state index in [-0.39, 0.29) is 5.91 Å². The summed E-state index contributed by atoms with van der Waals surface area (Å²) in [6, 6.07) is 0. The van der Waals surface area contributed by atoms with Crippen LogP contribution in [0.3, 0.4) is 0 Å². The number of nitrogens with zero attached hydrogens (tertiary/aromatic N) is 1. The zero-order valence-electron chi connectivity index (χ0n) is 10.5. The molecule has 0 bridgehead atoms. The second-order valence-electron chi connectivity index (χ2n) is 4.61. The van der Waals surface area contributed by atoms with Gasteiger partial charge in [-0.15, -0.1) is 11.3 Å². The van der Waals surface area contributed by atoms with Gasteiger partial charge in [-0.1, -0.05) is 18.2 Å². The van der Waals surface area contributed by atoms with Gasteiger partial charge >= 0.3 is 0 Å². The first kappa shape index (κ1) is 13.8. The lowest BCUT2D eigenvalue weighted by atomic mass is 9.84.